The number of rotatable bonds is 4. The second-order valence-corrected chi connectivity index (χ2v) is 5.75. The molecule has 0 aliphatic carbocycles. The molecule has 4 nitrogen and oxygen atoms in total. The van der Waals surface area contributed by atoms with Crippen molar-refractivity contribution in [1.82, 2.24) is 0 Å². The predicted molar refractivity (Wildman–Crippen MR) is 87.6 cm³/mol. The Kier molecular flexibility index (Phi) is 5.59. The molecular formula is C16H10BrClFNO3. The topological polar surface area (TPSA) is 39.9 Å². The Hall–Kier alpha value is -2.10. The lowest BCUT2D eigenvalue weighted by Gasteiger charge is -2.12. The van der Waals surface area contributed by atoms with Crippen LogP contribution in [0.15, 0.2) is 34.8 Å². The van der Waals surface area contributed by atoms with Crippen LogP contribution in [0.4, 0.5) is 10.1 Å². The molecule has 0 aromatic heterocycles. The van der Waals surface area contributed by atoms with Crippen LogP contribution in [0.3, 0.4) is 0 Å². The Morgan fingerprint density at radius 1 is 1.39 bits per heavy atom. The first-order valence-corrected chi connectivity index (χ1v) is 7.51. The van der Waals surface area contributed by atoms with E-state index in [9.17, 15) is 9.18 Å². The summed E-state index contributed by atoms with van der Waals surface area (Å²) in [6.07, 6.45) is -0.213. The Labute approximate surface area is 145 Å². The minimum Gasteiger partial charge on any atom is -0.469 e. The Balaban J connectivity index is 2.40. The maximum Gasteiger partial charge on any atom is 0.310 e. The second kappa shape index (κ2) is 7.44. The van der Waals surface area contributed by atoms with Crippen LogP contribution in [-0.4, -0.2) is 13.1 Å². The average Bonchev–Trinajstić information content (AvgIpc) is 2.53. The molecule has 2 rings (SSSR count). The molecule has 0 atom stereocenters. The van der Waals surface area contributed by atoms with E-state index in [-0.39, 0.29) is 29.2 Å². The molecule has 2 aromatic rings. The molecular weight excluding hydrogens is 389 g/mol. The van der Waals surface area contributed by atoms with E-state index in [0.717, 1.165) is 0 Å². The number of carbonyl (C=O) groups excluding carboxylic acids is 1. The van der Waals surface area contributed by atoms with E-state index in [0.29, 0.717) is 9.50 Å². The smallest absolute Gasteiger partial charge is 0.310 e. The van der Waals surface area contributed by atoms with Crippen LogP contribution in [0.5, 0.6) is 11.5 Å². The highest BCUT2D eigenvalue weighted by Gasteiger charge is 2.17. The van der Waals surface area contributed by atoms with Gasteiger partial charge in [0.05, 0.1) is 24.6 Å². The number of carbonyl (C=O) groups is 1. The van der Waals surface area contributed by atoms with Crippen LogP contribution in [-0.2, 0) is 16.0 Å². The summed E-state index contributed by atoms with van der Waals surface area (Å²) < 4.78 is 25.0. The molecule has 2 aromatic carbocycles. The fourth-order valence-electron chi connectivity index (χ4n) is 1.82. The van der Waals surface area contributed by atoms with Gasteiger partial charge in [-0.25, -0.2) is 9.24 Å². The van der Waals surface area contributed by atoms with Gasteiger partial charge in [0.2, 0.25) is 0 Å². The largest absolute Gasteiger partial charge is 0.469 e. The van der Waals surface area contributed by atoms with E-state index in [2.05, 4.69) is 25.5 Å². The van der Waals surface area contributed by atoms with Gasteiger partial charge in [0.15, 0.2) is 17.3 Å². The number of ether oxygens (including phenoxy) is 2. The van der Waals surface area contributed by atoms with Gasteiger partial charge in [0, 0.05) is 10.6 Å². The minimum atomic E-state index is -0.686. The van der Waals surface area contributed by atoms with Crippen molar-refractivity contribution in [3.63, 3.8) is 0 Å². The van der Waals surface area contributed by atoms with Gasteiger partial charge in [-0.3, -0.25) is 4.79 Å². The molecule has 0 aliphatic heterocycles. The third-order valence-corrected chi connectivity index (χ3v) is 3.74. The fraction of sp³-hybridized carbons (Fsp3) is 0.125. The molecule has 0 saturated carbocycles. The Morgan fingerprint density at radius 3 is 2.78 bits per heavy atom. The normalized spacial score (nSPS) is 10.0. The van der Waals surface area contributed by atoms with Crippen LogP contribution in [0, 0.1) is 12.4 Å². The SMILES string of the molecule is [C-]#[N+]c1cc(Cl)cc(Oc2c(Br)ccc(CC(=O)OC)c2F)c1. The average molecular weight is 399 g/mol. The first kappa shape index (κ1) is 17.3. The van der Waals surface area contributed by atoms with Gasteiger partial charge in [0.1, 0.15) is 5.75 Å². The molecule has 0 radical (unpaired) electrons. The number of benzene rings is 2. The predicted octanol–water partition coefficient (Wildman–Crippen LogP) is 5.30. The van der Waals surface area contributed by atoms with Crippen molar-refractivity contribution in [2.75, 3.05) is 7.11 Å². The van der Waals surface area contributed by atoms with Crippen molar-refractivity contribution in [3.05, 3.63) is 62.6 Å². The van der Waals surface area contributed by atoms with Crippen molar-refractivity contribution in [2.45, 2.75) is 6.42 Å². The molecule has 118 valence electrons. The Bertz CT molecular complexity index is 805. The van der Waals surface area contributed by atoms with Gasteiger partial charge in [0.25, 0.3) is 0 Å². The highest BCUT2D eigenvalue weighted by molar-refractivity contribution is 9.10. The number of esters is 1. The quantitative estimate of drug-likeness (QED) is 0.518. The minimum absolute atomic E-state index is 0.0930. The molecule has 23 heavy (non-hydrogen) atoms. The summed E-state index contributed by atoms with van der Waals surface area (Å²) in [7, 11) is 1.23. The molecule has 0 heterocycles. The van der Waals surface area contributed by atoms with E-state index in [4.69, 9.17) is 22.9 Å². The molecule has 0 fully saturated rings. The summed E-state index contributed by atoms with van der Waals surface area (Å²) in [5, 5.41) is 0.302. The molecule has 0 bridgehead atoms. The lowest BCUT2D eigenvalue weighted by Crippen LogP contribution is -2.07. The second-order valence-electron chi connectivity index (χ2n) is 4.46. The van der Waals surface area contributed by atoms with Crippen LogP contribution >= 0.6 is 27.5 Å². The molecule has 0 spiro atoms. The third-order valence-electron chi connectivity index (χ3n) is 2.90. The molecule has 0 N–H and O–H groups in total. The highest BCUT2D eigenvalue weighted by atomic mass is 79.9. The summed E-state index contributed by atoms with van der Waals surface area (Å²) in [5.74, 6) is -1.12. The van der Waals surface area contributed by atoms with Crippen LogP contribution < -0.4 is 4.74 Å². The van der Waals surface area contributed by atoms with Crippen LogP contribution in [0.25, 0.3) is 4.85 Å². The zero-order valence-electron chi connectivity index (χ0n) is 11.9. The fourth-order valence-corrected chi connectivity index (χ4v) is 2.43. The van der Waals surface area contributed by atoms with Gasteiger partial charge in [-0.2, -0.15) is 0 Å². The Morgan fingerprint density at radius 2 is 2.13 bits per heavy atom. The van der Waals surface area contributed by atoms with Crippen molar-refractivity contribution < 1.29 is 18.7 Å². The van der Waals surface area contributed by atoms with Crippen LogP contribution in [0.2, 0.25) is 5.02 Å². The highest BCUT2D eigenvalue weighted by Crippen LogP contribution is 2.36. The number of methoxy groups -OCH3 is 1. The van der Waals surface area contributed by atoms with Gasteiger partial charge in [-0.15, -0.1) is 0 Å². The summed E-state index contributed by atoms with van der Waals surface area (Å²) in [4.78, 5) is 14.6. The zero-order valence-corrected chi connectivity index (χ0v) is 14.2. The van der Waals surface area contributed by atoms with Crippen LogP contribution in [0.1, 0.15) is 5.56 Å². The van der Waals surface area contributed by atoms with E-state index in [1.54, 1.807) is 6.07 Å². The van der Waals surface area contributed by atoms with Crippen molar-refractivity contribution in [2.24, 2.45) is 0 Å². The summed E-state index contributed by atoms with van der Waals surface area (Å²) in [5.41, 5.74) is 0.414. The maximum absolute atomic E-state index is 14.5. The van der Waals surface area contributed by atoms with Crippen molar-refractivity contribution in [1.29, 1.82) is 0 Å². The van der Waals surface area contributed by atoms with Crippen molar-refractivity contribution >= 4 is 39.2 Å². The summed E-state index contributed by atoms with van der Waals surface area (Å²) >= 11 is 9.11. The number of halogens is 3. The molecule has 0 amide bonds. The van der Waals surface area contributed by atoms with Gasteiger partial charge in [-0.1, -0.05) is 17.7 Å². The number of hydrogen-bond donors (Lipinski definition) is 0. The number of nitrogens with zero attached hydrogens (tertiary/aromatic N) is 1. The first-order valence-electron chi connectivity index (χ1n) is 6.34. The summed E-state index contributed by atoms with van der Waals surface area (Å²) in [6.45, 7) is 7.01. The molecule has 7 heteroatoms. The van der Waals surface area contributed by atoms with Crippen molar-refractivity contribution in [3.8, 4) is 11.5 Å². The van der Waals surface area contributed by atoms with E-state index < -0.39 is 11.8 Å². The van der Waals surface area contributed by atoms with E-state index >= 15 is 0 Å². The third kappa shape index (κ3) is 4.21. The lowest BCUT2D eigenvalue weighted by atomic mass is 10.1. The maximum atomic E-state index is 14.5. The number of hydrogen-bond acceptors (Lipinski definition) is 3. The summed E-state index contributed by atoms with van der Waals surface area (Å²) in [6, 6.07) is 7.41. The standard InChI is InChI=1S/C16H10BrClFNO3/c1-20-11-6-10(18)7-12(8-11)23-16-13(17)4-3-9(15(16)19)5-14(21)22-2/h3-4,6-8H,5H2,2H3. The van der Waals surface area contributed by atoms with E-state index in [1.165, 1.54) is 31.4 Å². The zero-order chi connectivity index (χ0) is 17.0. The molecule has 0 saturated heterocycles. The van der Waals surface area contributed by atoms with E-state index in [1.807, 2.05) is 0 Å². The van der Waals surface area contributed by atoms with Gasteiger partial charge >= 0.3 is 5.97 Å². The molecule has 0 unspecified atom stereocenters. The first-order chi connectivity index (χ1) is 10.9. The monoisotopic (exact) mass is 397 g/mol. The van der Waals surface area contributed by atoms with Gasteiger partial charge in [-0.05, 0) is 40.2 Å². The van der Waals surface area contributed by atoms with Gasteiger partial charge < -0.3 is 9.47 Å². The molecule has 0 aliphatic rings. The lowest BCUT2D eigenvalue weighted by molar-refractivity contribution is -0.139.